The number of halogens is 1. The molecule has 0 atom stereocenters. The molecule has 0 radical (unpaired) electrons. The molecule has 0 saturated heterocycles. The number of anilines is 2. The molecular formula is C17H20ClN3O4. The average molecular weight is 366 g/mol. The number of carbonyl (C=O) groups is 1. The topological polar surface area (TPSA) is 81.7 Å². The van der Waals surface area contributed by atoms with E-state index in [0.29, 0.717) is 46.7 Å². The number of methoxy groups -OCH3 is 3. The zero-order chi connectivity index (χ0) is 18.2. The van der Waals surface area contributed by atoms with E-state index >= 15 is 0 Å². The number of aromatic nitrogens is 1. The van der Waals surface area contributed by atoms with Gasteiger partial charge < -0.3 is 24.8 Å². The Kier molecular flexibility index (Phi) is 6.85. The monoisotopic (exact) mass is 365 g/mol. The van der Waals surface area contributed by atoms with Gasteiger partial charge in [0.1, 0.15) is 17.2 Å². The van der Waals surface area contributed by atoms with Crippen LogP contribution in [-0.2, 0) is 4.74 Å². The number of amides is 1. The Bertz CT molecular complexity index is 723. The first-order valence-corrected chi connectivity index (χ1v) is 7.88. The molecule has 0 spiro atoms. The quantitative estimate of drug-likeness (QED) is 0.700. The van der Waals surface area contributed by atoms with E-state index < -0.39 is 0 Å². The van der Waals surface area contributed by atoms with Gasteiger partial charge in [-0.2, -0.15) is 0 Å². The number of carbonyl (C=O) groups excluding carboxylic acids is 1. The summed E-state index contributed by atoms with van der Waals surface area (Å²) in [7, 11) is 4.66. The molecule has 7 nitrogen and oxygen atoms in total. The fraction of sp³-hybridized carbons (Fsp3) is 0.294. The lowest BCUT2D eigenvalue weighted by atomic mass is 10.2. The van der Waals surface area contributed by atoms with Gasteiger partial charge in [-0.1, -0.05) is 11.6 Å². The summed E-state index contributed by atoms with van der Waals surface area (Å²) in [5.41, 5.74) is 1.68. The molecule has 1 aromatic carbocycles. The van der Waals surface area contributed by atoms with Crippen molar-refractivity contribution in [1.29, 1.82) is 0 Å². The first-order valence-electron chi connectivity index (χ1n) is 7.50. The molecule has 0 bridgehead atoms. The van der Waals surface area contributed by atoms with Crippen LogP contribution in [0.1, 0.15) is 10.5 Å². The van der Waals surface area contributed by atoms with E-state index in [1.165, 1.54) is 7.11 Å². The minimum atomic E-state index is -0.255. The van der Waals surface area contributed by atoms with Gasteiger partial charge >= 0.3 is 0 Å². The van der Waals surface area contributed by atoms with Gasteiger partial charge in [0.25, 0.3) is 5.91 Å². The average Bonchev–Trinajstić information content (AvgIpc) is 2.63. The Labute approximate surface area is 151 Å². The lowest BCUT2D eigenvalue weighted by Crippen LogP contribution is -2.27. The highest BCUT2D eigenvalue weighted by molar-refractivity contribution is 6.32. The molecule has 0 aliphatic heterocycles. The van der Waals surface area contributed by atoms with Crippen molar-refractivity contribution in [2.24, 2.45) is 0 Å². The van der Waals surface area contributed by atoms with Crippen LogP contribution in [0.25, 0.3) is 0 Å². The minimum Gasteiger partial charge on any atom is -0.495 e. The maximum Gasteiger partial charge on any atom is 0.269 e. The van der Waals surface area contributed by atoms with Gasteiger partial charge in [0, 0.05) is 25.8 Å². The first kappa shape index (κ1) is 18.8. The van der Waals surface area contributed by atoms with E-state index in [1.807, 2.05) is 0 Å². The second-order valence-electron chi connectivity index (χ2n) is 4.99. The smallest absolute Gasteiger partial charge is 0.269 e. The maximum atomic E-state index is 11.9. The first-order chi connectivity index (χ1) is 12.1. The second-order valence-corrected chi connectivity index (χ2v) is 5.40. The standard InChI is InChI=1S/C17H20ClN3O4/c1-23-7-6-19-17(22)13-5-4-11(10-20-13)21-14-9-15(24-2)12(18)8-16(14)25-3/h4-5,8-10,21H,6-7H2,1-3H3,(H,19,22). The zero-order valence-electron chi connectivity index (χ0n) is 14.3. The van der Waals surface area contributed by atoms with Crippen molar-refractivity contribution in [3.05, 3.63) is 41.2 Å². The number of ether oxygens (including phenoxy) is 3. The van der Waals surface area contributed by atoms with Crippen molar-refractivity contribution >= 4 is 28.9 Å². The Morgan fingerprint density at radius 3 is 2.52 bits per heavy atom. The highest BCUT2D eigenvalue weighted by Gasteiger charge is 2.11. The van der Waals surface area contributed by atoms with Crippen molar-refractivity contribution in [3.8, 4) is 11.5 Å². The van der Waals surface area contributed by atoms with Crippen molar-refractivity contribution in [1.82, 2.24) is 10.3 Å². The molecule has 134 valence electrons. The third kappa shape index (κ3) is 4.98. The molecule has 2 aromatic rings. The van der Waals surface area contributed by atoms with Gasteiger partial charge in [-0.15, -0.1) is 0 Å². The predicted octanol–water partition coefficient (Wildman–Crippen LogP) is 2.87. The third-order valence-electron chi connectivity index (χ3n) is 3.34. The summed E-state index contributed by atoms with van der Waals surface area (Å²) in [6.07, 6.45) is 1.56. The summed E-state index contributed by atoms with van der Waals surface area (Å²) in [4.78, 5) is 16.1. The van der Waals surface area contributed by atoms with Crippen LogP contribution in [0.2, 0.25) is 5.02 Å². The Balaban J connectivity index is 2.12. The fourth-order valence-corrected chi connectivity index (χ4v) is 2.30. The molecule has 1 heterocycles. The Hall–Kier alpha value is -2.51. The fourth-order valence-electron chi connectivity index (χ4n) is 2.07. The van der Waals surface area contributed by atoms with Crippen molar-refractivity contribution < 1.29 is 19.0 Å². The minimum absolute atomic E-state index is 0.255. The number of rotatable bonds is 8. The SMILES string of the molecule is COCCNC(=O)c1ccc(Nc2cc(OC)c(Cl)cc2OC)cn1. The summed E-state index contributed by atoms with van der Waals surface area (Å²) in [6, 6.07) is 6.77. The molecule has 2 N–H and O–H groups in total. The van der Waals surface area contributed by atoms with Crippen LogP contribution in [0.15, 0.2) is 30.5 Å². The maximum absolute atomic E-state index is 11.9. The van der Waals surface area contributed by atoms with Crippen LogP contribution in [-0.4, -0.2) is 45.4 Å². The molecular weight excluding hydrogens is 346 g/mol. The molecule has 1 amide bonds. The third-order valence-corrected chi connectivity index (χ3v) is 3.64. The van der Waals surface area contributed by atoms with Crippen LogP contribution in [0, 0.1) is 0 Å². The van der Waals surface area contributed by atoms with Crippen LogP contribution in [0.3, 0.4) is 0 Å². The highest BCUT2D eigenvalue weighted by Crippen LogP contribution is 2.37. The van der Waals surface area contributed by atoms with Gasteiger partial charge in [-0.25, -0.2) is 4.98 Å². The summed E-state index contributed by atoms with van der Waals surface area (Å²) in [5, 5.41) is 6.33. The zero-order valence-corrected chi connectivity index (χ0v) is 15.0. The van der Waals surface area contributed by atoms with E-state index in [2.05, 4.69) is 15.6 Å². The van der Waals surface area contributed by atoms with Gasteiger partial charge in [-0.05, 0) is 12.1 Å². The lowest BCUT2D eigenvalue weighted by Gasteiger charge is -2.14. The van der Waals surface area contributed by atoms with Gasteiger partial charge in [0.15, 0.2) is 0 Å². The number of nitrogens with zero attached hydrogens (tertiary/aromatic N) is 1. The van der Waals surface area contributed by atoms with Crippen molar-refractivity contribution in [2.75, 3.05) is 39.8 Å². The molecule has 0 aliphatic rings. The molecule has 0 unspecified atom stereocenters. The van der Waals surface area contributed by atoms with Crippen molar-refractivity contribution in [2.45, 2.75) is 0 Å². The number of pyridine rings is 1. The molecule has 25 heavy (non-hydrogen) atoms. The lowest BCUT2D eigenvalue weighted by molar-refractivity contribution is 0.0932. The van der Waals surface area contributed by atoms with Gasteiger partial charge in [-0.3, -0.25) is 4.79 Å². The number of hydrogen-bond acceptors (Lipinski definition) is 6. The van der Waals surface area contributed by atoms with Gasteiger partial charge in [0.05, 0.1) is 43.4 Å². The number of hydrogen-bond donors (Lipinski definition) is 2. The van der Waals surface area contributed by atoms with E-state index in [4.69, 9.17) is 25.8 Å². The Morgan fingerprint density at radius 1 is 1.16 bits per heavy atom. The van der Waals surface area contributed by atoms with Crippen LogP contribution in [0.4, 0.5) is 11.4 Å². The summed E-state index contributed by atoms with van der Waals surface area (Å²) >= 11 is 6.09. The van der Waals surface area contributed by atoms with Gasteiger partial charge in [0.2, 0.25) is 0 Å². The summed E-state index contributed by atoms with van der Waals surface area (Å²) < 4.78 is 15.4. The Morgan fingerprint density at radius 2 is 1.92 bits per heavy atom. The highest BCUT2D eigenvalue weighted by atomic mass is 35.5. The van der Waals surface area contributed by atoms with Crippen LogP contribution < -0.4 is 20.1 Å². The van der Waals surface area contributed by atoms with E-state index in [9.17, 15) is 4.79 Å². The van der Waals surface area contributed by atoms with Crippen LogP contribution >= 0.6 is 11.6 Å². The van der Waals surface area contributed by atoms with E-state index in [0.717, 1.165) is 0 Å². The van der Waals surface area contributed by atoms with Crippen molar-refractivity contribution in [3.63, 3.8) is 0 Å². The van der Waals surface area contributed by atoms with E-state index in [1.54, 1.807) is 44.7 Å². The molecule has 2 rings (SSSR count). The normalized spacial score (nSPS) is 10.2. The number of nitrogens with one attached hydrogen (secondary N) is 2. The second kappa shape index (κ2) is 9.10. The molecule has 0 aliphatic carbocycles. The summed E-state index contributed by atoms with van der Waals surface area (Å²) in [5.74, 6) is 0.827. The largest absolute Gasteiger partial charge is 0.495 e. The molecule has 1 aromatic heterocycles. The summed E-state index contributed by atoms with van der Waals surface area (Å²) in [6.45, 7) is 0.877. The van der Waals surface area contributed by atoms with Crippen LogP contribution in [0.5, 0.6) is 11.5 Å². The van der Waals surface area contributed by atoms with E-state index in [-0.39, 0.29) is 5.91 Å². The predicted molar refractivity (Wildman–Crippen MR) is 96.3 cm³/mol. The molecule has 8 heteroatoms. The molecule has 0 fully saturated rings. The number of benzene rings is 1. The molecule has 0 saturated carbocycles.